The summed E-state index contributed by atoms with van der Waals surface area (Å²) >= 11 is 0. The van der Waals surface area contributed by atoms with Crippen LogP contribution >= 0.6 is 0 Å². The van der Waals surface area contributed by atoms with E-state index in [1.165, 1.54) is 34.8 Å². The first-order valence-corrected chi connectivity index (χ1v) is 25.9. The van der Waals surface area contributed by atoms with Crippen molar-refractivity contribution < 1.29 is 130 Å². The second kappa shape index (κ2) is 29.4. The largest absolute Gasteiger partial charge is 1.00 e. The number of aliphatic hydroxyl groups excluding tert-OH is 6. The van der Waals surface area contributed by atoms with Crippen molar-refractivity contribution in [3.8, 4) is 11.5 Å². The zero-order valence-electron chi connectivity index (χ0n) is 44.6. The maximum atomic E-state index is 14.8. The number of hydrogen-bond acceptors (Lipinski definition) is 22. The van der Waals surface area contributed by atoms with Crippen LogP contribution in [0.5, 0.6) is 11.5 Å². The molecule has 1 aromatic carbocycles. The summed E-state index contributed by atoms with van der Waals surface area (Å²) in [4.78, 5) is 116. The third-order valence-corrected chi connectivity index (χ3v) is 13.1. The first-order valence-electron chi connectivity index (χ1n) is 24.6. The summed E-state index contributed by atoms with van der Waals surface area (Å²) in [6.07, 6.45) is -15.1. The molecule has 3 saturated heterocycles. The summed E-state index contributed by atoms with van der Waals surface area (Å²) in [5.74, 6) is -11.1. The van der Waals surface area contributed by atoms with E-state index >= 15 is 0 Å². The fraction of sp³-hybridized carbons (Fsp3) is 0.696. The normalized spacial score (nSPS) is 27.3. The number of phenolic OH excluding ortho intramolecular Hbond substituents is 1. The molecule has 0 radical (unpaired) electrons. The Balaban J connectivity index is 0.0000160. The Kier molecular flexibility index (Phi) is 25.4. The molecule has 8 amide bonds. The van der Waals surface area contributed by atoms with Crippen molar-refractivity contribution in [2.75, 3.05) is 60.0 Å². The molecule has 32 heteroatoms. The Bertz CT molecular complexity index is 2400. The molecule has 3 aliphatic rings. The van der Waals surface area contributed by atoms with Crippen LogP contribution < -0.4 is 65.6 Å². The topological polar surface area (TPSA) is 445 Å². The van der Waals surface area contributed by atoms with E-state index in [0.717, 1.165) is 34.9 Å². The molecule has 0 saturated carbocycles. The average molecular weight is 1140 g/mol. The first kappa shape index (κ1) is 67.2. The van der Waals surface area contributed by atoms with Crippen LogP contribution in [0.1, 0.15) is 59.4 Å². The quantitative estimate of drug-likeness (QED) is 0.0415. The number of fused-ring (bicyclic) bond motifs is 2. The van der Waals surface area contributed by atoms with Crippen LogP contribution in [0, 0.1) is 5.92 Å². The Morgan fingerprint density at radius 1 is 0.872 bits per heavy atom. The van der Waals surface area contributed by atoms with E-state index in [1.54, 1.807) is 7.05 Å². The number of aromatic hydroxyl groups is 1. The van der Waals surface area contributed by atoms with Gasteiger partial charge in [0.15, 0.2) is 11.5 Å². The van der Waals surface area contributed by atoms with Gasteiger partial charge in [-0.1, -0.05) is 13.0 Å². The first-order chi connectivity index (χ1) is 35.8. The number of aliphatic hydroxyl groups is 6. The maximum Gasteiger partial charge on any atom is 1.00 e. The summed E-state index contributed by atoms with van der Waals surface area (Å²) in [5, 5.41) is 92.2. The van der Waals surface area contributed by atoms with Gasteiger partial charge in [-0.15, -0.1) is 0 Å². The monoisotopic (exact) mass is 1140 g/mol. The van der Waals surface area contributed by atoms with Gasteiger partial charge < -0.3 is 101 Å². The van der Waals surface area contributed by atoms with E-state index in [-0.39, 0.29) is 41.7 Å². The van der Waals surface area contributed by atoms with E-state index < -0.39 is 199 Å². The molecule has 0 spiro atoms. The number of benzene rings is 1. The number of rotatable bonds is 16. The van der Waals surface area contributed by atoms with Crippen molar-refractivity contribution in [1.29, 1.82) is 0 Å². The van der Waals surface area contributed by atoms with Crippen molar-refractivity contribution in [2.45, 2.75) is 139 Å². The van der Waals surface area contributed by atoms with E-state index in [0.29, 0.717) is 19.7 Å². The van der Waals surface area contributed by atoms with Gasteiger partial charge in [-0.25, -0.2) is 13.2 Å². The van der Waals surface area contributed by atoms with Gasteiger partial charge in [-0.2, -0.15) is 0 Å². The predicted octanol–water partition coefficient (Wildman–Crippen LogP) is -9.64. The molecule has 3 fully saturated rings. The zero-order chi connectivity index (χ0) is 57.9. The minimum absolute atomic E-state index is 0. The summed E-state index contributed by atoms with van der Waals surface area (Å²) in [6, 6.07) is -9.13. The number of methoxy groups -OCH3 is 1. The minimum Gasteiger partial charge on any atom is -0.716 e. The molecule has 0 aromatic heterocycles. The van der Waals surface area contributed by atoms with Gasteiger partial charge in [-0.3, -0.25) is 33.6 Å². The molecule has 30 nitrogen and oxygen atoms in total. The second-order valence-corrected chi connectivity index (χ2v) is 21.3. The van der Waals surface area contributed by atoms with Crippen LogP contribution in [0.15, 0.2) is 18.2 Å². The molecule has 13 atom stereocenters. The molecular formula is C46H72N9NaO21S. The van der Waals surface area contributed by atoms with Crippen molar-refractivity contribution in [3.63, 3.8) is 0 Å². The summed E-state index contributed by atoms with van der Waals surface area (Å²) in [6.45, 7) is 6.48. The number of β-amino-alcohol motifs (C(OH)–C–C–N with tert-alkyl or cyclic N) is 1. The molecule has 3 heterocycles. The van der Waals surface area contributed by atoms with Gasteiger partial charge in [0.25, 0.3) is 10.4 Å². The fourth-order valence-electron chi connectivity index (χ4n) is 8.71. The second-order valence-electron chi connectivity index (χ2n) is 20.3. The van der Waals surface area contributed by atoms with Crippen molar-refractivity contribution in [1.82, 2.24) is 46.6 Å². The average Bonchev–Trinajstić information content (AvgIpc) is 3.86. The number of nitrogens with one attached hydrogen (secondary N) is 6. The van der Waals surface area contributed by atoms with Crippen LogP contribution in [-0.4, -0.2) is 249 Å². The SMILES string of the molecule is COCCN(C)CCNC(=O)C[C@@H](O)[C@@H]1NC(=O)[C@H]([C@H](O)Cc2ccc(O)c(OS(=O)(=O)[O-])c2)NC(=O)[C@@H]2C[C@@H](O)CN2C(=O)C([C@@H](C)O)NC(=O)[C@@H](NC(=O)OC(C)(C)C)C[C@@H](O)CNC(=O)[C@@H]2[C@@H](O)[C@@H](C)CN2C1=O.[Na+]. The molecule has 13 N–H and O–H groups in total. The molecule has 434 valence electrons. The number of alkyl carbamates (subject to hydrolysis) is 1. The van der Waals surface area contributed by atoms with Crippen LogP contribution in [0.25, 0.3) is 0 Å². The fourth-order valence-corrected chi connectivity index (χ4v) is 9.07. The molecule has 0 bridgehead atoms. The number of amides is 8. The number of carbonyl (C=O) groups is 8. The van der Waals surface area contributed by atoms with Crippen LogP contribution in [0.3, 0.4) is 0 Å². The van der Waals surface area contributed by atoms with Crippen LogP contribution in [0.2, 0.25) is 0 Å². The van der Waals surface area contributed by atoms with Crippen LogP contribution in [-0.2, 0) is 59.9 Å². The zero-order valence-corrected chi connectivity index (χ0v) is 47.4. The summed E-state index contributed by atoms with van der Waals surface area (Å²) in [5.41, 5.74) is -1.27. The van der Waals surface area contributed by atoms with Crippen molar-refractivity contribution >= 4 is 57.8 Å². The Morgan fingerprint density at radius 3 is 2.12 bits per heavy atom. The standard InChI is InChI=1S/C46H73N9O21S.Na/c1-22-20-55-37(38(22)63)42(67)48-19-25(57)16-27(49-45(70)75-46(3,4)5)39(64)50-34(23(2)56)43(68)54-21-26(58)17-28(54)40(65)51-35(30(60)14-24-8-9-29(59)32(15-24)76-77(71,72)73)41(66)52-36(44(55)69)31(61)18-33(62)47-10-11-53(6)12-13-74-7;/h8-9,15,22-23,25-28,30-31,34-38,56-61,63H,10-14,16-21H2,1-7H3,(H,47,62)(H,48,67)(H,49,70)(H,50,64)(H,51,65)(H,52,66)(H,71,72,73);/q;+1/p-1/t22-,23+,25+,26+,27-,28-,30+,31+,34?,35-,36-,37-,38-;/m0./s1. The molecule has 1 unspecified atom stereocenters. The number of carbonyl (C=O) groups excluding carboxylic acids is 8. The maximum absolute atomic E-state index is 14.8. The van der Waals surface area contributed by atoms with E-state index in [1.807, 2.05) is 4.90 Å². The Morgan fingerprint density at radius 2 is 1.50 bits per heavy atom. The Labute approximate surface area is 472 Å². The number of hydrogen-bond donors (Lipinski definition) is 13. The minimum atomic E-state index is -5.48. The van der Waals surface area contributed by atoms with Gasteiger partial charge in [0.05, 0.1) is 49.7 Å². The Hall–Kier alpha value is -5.03. The number of nitrogens with zero attached hydrogens (tertiary/aromatic N) is 3. The van der Waals surface area contributed by atoms with E-state index in [9.17, 15) is 87.1 Å². The molecular weight excluding hydrogens is 1070 g/mol. The van der Waals surface area contributed by atoms with Gasteiger partial charge in [0.1, 0.15) is 41.9 Å². The molecule has 4 rings (SSSR count). The third-order valence-electron chi connectivity index (χ3n) is 12.7. The van der Waals surface area contributed by atoms with Crippen molar-refractivity contribution in [2.24, 2.45) is 5.92 Å². The van der Waals surface area contributed by atoms with E-state index in [4.69, 9.17) is 9.47 Å². The molecule has 78 heavy (non-hydrogen) atoms. The number of likely N-dealkylation sites (N-methyl/N-ethyl adjacent to an activating group) is 1. The van der Waals surface area contributed by atoms with E-state index in [2.05, 4.69) is 36.1 Å². The third kappa shape index (κ3) is 19.7. The predicted molar refractivity (Wildman–Crippen MR) is 262 cm³/mol. The molecule has 3 aliphatic heterocycles. The van der Waals surface area contributed by atoms with Crippen molar-refractivity contribution in [3.05, 3.63) is 23.8 Å². The summed E-state index contributed by atoms with van der Waals surface area (Å²) < 4.78 is 48.9. The molecule has 1 aromatic rings. The van der Waals surface area contributed by atoms with Gasteiger partial charge in [0.2, 0.25) is 41.4 Å². The van der Waals surface area contributed by atoms with Crippen LogP contribution in [0.4, 0.5) is 4.79 Å². The van der Waals surface area contributed by atoms with Gasteiger partial charge in [0, 0.05) is 71.6 Å². The molecule has 0 aliphatic carbocycles. The smallest absolute Gasteiger partial charge is 0.716 e. The summed E-state index contributed by atoms with van der Waals surface area (Å²) in [7, 11) is -2.24. The van der Waals surface area contributed by atoms with Gasteiger partial charge >= 0.3 is 35.7 Å². The van der Waals surface area contributed by atoms with Gasteiger partial charge in [-0.05, 0) is 52.4 Å². The number of phenols is 1. The number of ether oxygens (including phenoxy) is 2.